The van der Waals surface area contributed by atoms with Crippen molar-refractivity contribution in [2.45, 2.75) is 51.7 Å². The number of rotatable bonds is 6. The maximum Gasteiger partial charge on any atom is 0.355 e. The lowest BCUT2D eigenvalue weighted by molar-refractivity contribution is 0.183. The predicted octanol–water partition coefficient (Wildman–Crippen LogP) is 4.58. The van der Waals surface area contributed by atoms with Gasteiger partial charge in [-0.3, -0.25) is 9.88 Å². The summed E-state index contributed by atoms with van der Waals surface area (Å²) < 4.78 is 25.1. The molecule has 1 aliphatic rings. The third-order valence-electron chi connectivity index (χ3n) is 4.23. The summed E-state index contributed by atoms with van der Waals surface area (Å²) in [7, 11) is -3.30. The summed E-state index contributed by atoms with van der Waals surface area (Å²) in [4.78, 5) is 0. The fourth-order valence-electron chi connectivity index (χ4n) is 3.13. The second-order valence-electron chi connectivity index (χ2n) is 5.80. The van der Waals surface area contributed by atoms with Gasteiger partial charge in [0.15, 0.2) is 0 Å². The molecule has 0 aliphatic carbocycles. The Hall–Kier alpha value is -0.670. The van der Waals surface area contributed by atoms with Crippen molar-refractivity contribution in [1.82, 2.24) is 5.32 Å². The van der Waals surface area contributed by atoms with E-state index in [4.69, 9.17) is 9.05 Å². The molecule has 4 nitrogen and oxygen atoms in total. The minimum atomic E-state index is -3.30. The highest BCUT2D eigenvalue weighted by Crippen LogP contribution is 2.65. The molecule has 1 heterocycles. The normalized spacial score (nSPS) is 23.2. The fraction of sp³-hybridized carbons (Fsp3) is 0.647. The first-order chi connectivity index (χ1) is 10.6. The third kappa shape index (κ3) is 3.46. The molecule has 0 amide bonds. The van der Waals surface area contributed by atoms with Crippen LogP contribution in [0.15, 0.2) is 24.3 Å². The molecule has 0 saturated carbocycles. The molecular formula is C17H28NO3P. The van der Waals surface area contributed by atoms with Gasteiger partial charge in [-0.05, 0) is 45.7 Å². The summed E-state index contributed by atoms with van der Waals surface area (Å²) in [6.07, 6.45) is 4.02. The van der Waals surface area contributed by atoms with Gasteiger partial charge in [-0.2, -0.15) is 0 Å². The summed E-state index contributed by atoms with van der Waals surface area (Å²) in [5, 5.41) is 2.80. The maximum absolute atomic E-state index is 13.6. The molecule has 1 aromatic rings. The monoisotopic (exact) mass is 325 g/mol. The number of hydrogen-bond donors (Lipinski definition) is 1. The van der Waals surface area contributed by atoms with Crippen molar-refractivity contribution in [3.63, 3.8) is 0 Å². The SMILES string of the molecule is CCOP(=O)(OCC)C1(c2ccc(C)cc2)CCCCCN1. The van der Waals surface area contributed by atoms with E-state index in [2.05, 4.69) is 36.5 Å². The molecule has 0 aromatic heterocycles. The zero-order valence-electron chi connectivity index (χ0n) is 13.9. The van der Waals surface area contributed by atoms with Crippen LogP contribution in [-0.4, -0.2) is 19.8 Å². The van der Waals surface area contributed by atoms with E-state index >= 15 is 0 Å². The van der Waals surface area contributed by atoms with Crippen molar-refractivity contribution < 1.29 is 13.6 Å². The quantitative estimate of drug-likeness (QED) is 0.778. The van der Waals surface area contributed by atoms with Gasteiger partial charge in [-0.25, -0.2) is 0 Å². The zero-order chi connectivity index (χ0) is 16.1. The molecule has 1 aromatic carbocycles. The largest absolute Gasteiger partial charge is 0.355 e. The van der Waals surface area contributed by atoms with Crippen molar-refractivity contribution in [3.8, 4) is 0 Å². The van der Waals surface area contributed by atoms with Gasteiger partial charge in [0, 0.05) is 0 Å². The van der Waals surface area contributed by atoms with Gasteiger partial charge in [-0.1, -0.05) is 42.7 Å². The molecule has 124 valence electrons. The molecule has 5 heteroatoms. The summed E-state index contributed by atoms with van der Waals surface area (Å²) in [5.74, 6) is 0. The Labute approximate surface area is 134 Å². The number of nitrogens with one attached hydrogen (secondary N) is 1. The van der Waals surface area contributed by atoms with Gasteiger partial charge < -0.3 is 9.05 Å². The zero-order valence-corrected chi connectivity index (χ0v) is 14.8. The van der Waals surface area contributed by atoms with Gasteiger partial charge in [0.1, 0.15) is 5.28 Å². The first-order valence-electron chi connectivity index (χ1n) is 8.29. The predicted molar refractivity (Wildman–Crippen MR) is 90.2 cm³/mol. The Balaban J connectivity index is 2.52. The first-order valence-corrected chi connectivity index (χ1v) is 9.83. The van der Waals surface area contributed by atoms with Crippen molar-refractivity contribution in [3.05, 3.63) is 35.4 Å². The topological polar surface area (TPSA) is 47.6 Å². The lowest BCUT2D eigenvalue weighted by Crippen LogP contribution is -2.42. The third-order valence-corrected chi connectivity index (χ3v) is 7.00. The molecular weight excluding hydrogens is 297 g/mol. The van der Waals surface area contributed by atoms with E-state index in [1.54, 1.807) is 0 Å². The van der Waals surface area contributed by atoms with Crippen LogP contribution in [0, 0.1) is 6.92 Å². The molecule has 0 radical (unpaired) electrons. The molecule has 1 unspecified atom stereocenters. The van der Waals surface area contributed by atoms with E-state index in [0.29, 0.717) is 13.2 Å². The number of benzene rings is 1. The Morgan fingerprint density at radius 3 is 2.32 bits per heavy atom. The molecule has 1 fully saturated rings. The van der Waals surface area contributed by atoms with E-state index in [-0.39, 0.29) is 0 Å². The van der Waals surface area contributed by atoms with Crippen LogP contribution in [-0.2, 0) is 18.9 Å². The van der Waals surface area contributed by atoms with Crippen LogP contribution in [0.25, 0.3) is 0 Å². The average molecular weight is 325 g/mol. The molecule has 1 aliphatic heterocycles. The van der Waals surface area contributed by atoms with Crippen molar-refractivity contribution in [2.75, 3.05) is 19.8 Å². The minimum absolute atomic E-state index is 0.382. The minimum Gasteiger partial charge on any atom is -0.307 e. The molecule has 2 rings (SSSR count). The van der Waals surface area contributed by atoms with Crippen LogP contribution < -0.4 is 5.32 Å². The molecule has 1 N–H and O–H groups in total. The lowest BCUT2D eigenvalue weighted by atomic mass is 10.00. The van der Waals surface area contributed by atoms with E-state index in [1.165, 1.54) is 5.56 Å². The first kappa shape index (κ1) is 17.7. The van der Waals surface area contributed by atoms with Crippen LogP contribution in [0.5, 0.6) is 0 Å². The van der Waals surface area contributed by atoms with E-state index in [1.807, 2.05) is 13.8 Å². The fourth-order valence-corrected chi connectivity index (χ4v) is 5.53. The van der Waals surface area contributed by atoms with Gasteiger partial charge in [-0.15, -0.1) is 0 Å². The van der Waals surface area contributed by atoms with Gasteiger partial charge in [0.2, 0.25) is 0 Å². The smallest absolute Gasteiger partial charge is 0.307 e. The second-order valence-corrected chi connectivity index (χ2v) is 8.07. The van der Waals surface area contributed by atoms with Gasteiger partial charge in [0.05, 0.1) is 13.2 Å². The van der Waals surface area contributed by atoms with Crippen LogP contribution in [0.4, 0.5) is 0 Å². The summed E-state index contributed by atoms with van der Waals surface area (Å²) >= 11 is 0. The summed E-state index contributed by atoms with van der Waals surface area (Å²) in [6, 6.07) is 8.23. The Morgan fingerprint density at radius 1 is 1.09 bits per heavy atom. The van der Waals surface area contributed by atoms with E-state index < -0.39 is 12.9 Å². The highest BCUT2D eigenvalue weighted by Gasteiger charge is 2.52. The Morgan fingerprint density at radius 2 is 1.73 bits per heavy atom. The Bertz CT molecular complexity index is 497. The highest BCUT2D eigenvalue weighted by atomic mass is 31.2. The lowest BCUT2D eigenvalue weighted by Gasteiger charge is -2.39. The second kappa shape index (κ2) is 7.74. The molecule has 22 heavy (non-hydrogen) atoms. The van der Waals surface area contributed by atoms with Crippen LogP contribution in [0.3, 0.4) is 0 Å². The number of aryl methyl sites for hydroxylation is 1. The van der Waals surface area contributed by atoms with Gasteiger partial charge in [0.25, 0.3) is 0 Å². The van der Waals surface area contributed by atoms with Crippen LogP contribution >= 0.6 is 7.60 Å². The van der Waals surface area contributed by atoms with Crippen molar-refractivity contribution >= 4 is 7.60 Å². The molecule has 1 atom stereocenters. The van der Waals surface area contributed by atoms with Crippen molar-refractivity contribution in [1.29, 1.82) is 0 Å². The standard InChI is InChI=1S/C17H28NO3P/c1-4-20-22(19,21-5-2)17(13-7-6-8-14-18-17)16-11-9-15(3)10-12-16/h9-12,18H,4-8,13-14H2,1-3H3. The van der Waals surface area contributed by atoms with Crippen molar-refractivity contribution in [2.24, 2.45) is 0 Å². The molecule has 1 saturated heterocycles. The number of hydrogen-bond acceptors (Lipinski definition) is 4. The highest BCUT2D eigenvalue weighted by molar-refractivity contribution is 7.55. The average Bonchev–Trinajstić information content (AvgIpc) is 2.75. The van der Waals surface area contributed by atoms with Gasteiger partial charge >= 0.3 is 7.60 Å². The Kier molecular flexibility index (Phi) is 6.22. The summed E-state index contributed by atoms with van der Waals surface area (Å²) in [5.41, 5.74) is 2.19. The van der Waals surface area contributed by atoms with E-state index in [9.17, 15) is 4.57 Å². The molecule has 0 spiro atoms. The van der Waals surface area contributed by atoms with Crippen LogP contribution in [0.2, 0.25) is 0 Å². The van der Waals surface area contributed by atoms with E-state index in [0.717, 1.165) is 37.8 Å². The molecule has 0 bridgehead atoms. The maximum atomic E-state index is 13.6. The summed E-state index contributed by atoms with van der Waals surface area (Å²) in [6.45, 7) is 7.38. The van der Waals surface area contributed by atoms with Crippen LogP contribution in [0.1, 0.15) is 50.7 Å².